The number of methoxy groups -OCH3 is 5. The maximum Gasteiger partial charge on any atom is 0.351 e. The third-order valence-electron chi connectivity index (χ3n) is 17.3. The van der Waals surface area contributed by atoms with Gasteiger partial charge in [0.15, 0.2) is 37.9 Å². The summed E-state index contributed by atoms with van der Waals surface area (Å²) in [6, 6.07) is 15.6. The van der Waals surface area contributed by atoms with E-state index in [2.05, 4.69) is 24.9 Å². The highest BCUT2D eigenvalue weighted by Crippen LogP contribution is 2.36. The zero-order chi connectivity index (χ0) is 85.0. The maximum atomic E-state index is 12.0. The molecule has 45 nitrogen and oxygen atoms in total. The number of hydrogen-bond donors (Lipinski definition) is 10. The molecule has 116 heavy (non-hydrogen) atoms. The average molecular weight is 1660 g/mol. The molecular weight excluding hydrogens is 1550 g/mol. The van der Waals surface area contributed by atoms with Crippen molar-refractivity contribution in [3.05, 3.63) is 175 Å². The van der Waals surface area contributed by atoms with Gasteiger partial charge in [-0.2, -0.15) is 9.97 Å². The lowest BCUT2D eigenvalue weighted by atomic mass is 10.1. The van der Waals surface area contributed by atoms with Crippen molar-refractivity contribution in [2.75, 3.05) is 140 Å². The van der Waals surface area contributed by atoms with Crippen molar-refractivity contribution in [2.24, 2.45) is 0 Å². The van der Waals surface area contributed by atoms with E-state index in [0.29, 0.717) is 32.2 Å². The molecule has 11 rings (SSSR count). The molecule has 0 saturated carbocycles. The molecule has 0 radical (unpaired) electrons. The number of rotatable bonds is 35. The number of benzene rings is 1. The molecule has 10 heterocycles. The van der Waals surface area contributed by atoms with Gasteiger partial charge in [-0.15, -0.1) is 0 Å². The fourth-order valence-corrected chi connectivity index (χ4v) is 11.9. The summed E-state index contributed by atoms with van der Waals surface area (Å²) in [6.07, 6.45) is -9.98. The van der Waals surface area contributed by atoms with E-state index in [-0.39, 0.29) is 78.6 Å². The number of nitrogens with zero attached hydrogens (tertiary/aromatic N) is 7. The number of aromatic nitrogens is 10. The second-order valence-electron chi connectivity index (χ2n) is 24.9. The second kappa shape index (κ2) is 50.3. The van der Waals surface area contributed by atoms with Crippen molar-refractivity contribution in [2.45, 2.75) is 164 Å². The van der Waals surface area contributed by atoms with Crippen LogP contribution in [0.4, 0.5) is 11.6 Å². The van der Waals surface area contributed by atoms with E-state index >= 15 is 0 Å². The lowest BCUT2D eigenvalue weighted by Gasteiger charge is -2.22. The molecule has 6 aromatic rings. The number of aliphatic hydroxyl groups is 5. The van der Waals surface area contributed by atoms with Crippen molar-refractivity contribution < 1.29 is 120 Å². The molecule has 5 aliphatic heterocycles. The summed E-state index contributed by atoms with van der Waals surface area (Å²) < 4.78 is 113. The SMILES string of the molecule is CC.CCOCOC1C(COC)OC(n2ccc(=O)[nH]c2=O)C1O.CCOCOC1C(COC)OC(n2ccc(N)nc2=O)C1O.CCOCOC1C(O)C(COC)OC1n1ccc(=O)[nH]c1=O.CCOCOC1C(O)C(COC)OC1n1ccc(N)nc1=O.COCC1OC(n2ccc(=O)[nH]c2=O)C(O)C1OCOc1ccccc1. The molecule has 12 N–H and O–H groups in total. The van der Waals surface area contributed by atoms with Gasteiger partial charge >= 0.3 is 28.4 Å². The summed E-state index contributed by atoms with van der Waals surface area (Å²) in [5.41, 5.74) is 6.18. The molecule has 20 atom stereocenters. The fraction of sp³-hybridized carbons (Fsp3) is 0.634. The molecule has 1 aromatic carbocycles. The molecule has 0 spiro atoms. The number of H-pyrrole nitrogens is 3. The first-order valence-electron chi connectivity index (χ1n) is 36.8. The quantitative estimate of drug-likeness (QED) is 0.0138. The number of nitrogens with two attached hydrogens (primary N) is 2. The Morgan fingerprint density at radius 3 is 0.957 bits per heavy atom. The molecule has 0 aliphatic carbocycles. The van der Waals surface area contributed by atoms with Gasteiger partial charge in [0.05, 0.1) is 33.0 Å². The molecule has 0 amide bonds. The molecule has 0 bridgehead atoms. The molecular formula is C71H108N12O33. The Hall–Kier alpha value is -8.54. The number of ether oxygens (including phenoxy) is 20. The average Bonchev–Trinajstić information content (AvgIpc) is 1.67. The molecule has 45 heteroatoms. The Labute approximate surface area is 663 Å². The summed E-state index contributed by atoms with van der Waals surface area (Å²) in [6.45, 7) is 13.9. The van der Waals surface area contributed by atoms with Crippen molar-refractivity contribution in [1.82, 2.24) is 47.8 Å². The Morgan fingerprint density at radius 2 is 0.638 bits per heavy atom. The molecule has 5 fully saturated rings. The zero-order valence-electron chi connectivity index (χ0n) is 66.1. The third-order valence-corrected chi connectivity index (χ3v) is 17.3. The van der Waals surface area contributed by atoms with Crippen LogP contribution in [-0.2, 0) is 90.0 Å². The van der Waals surface area contributed by atoms with Crippen LogP contribution in [0.1, 0.15) is 72.7 Å². The standard InChI is InChI=1S/C17H20N2O7.2C13H21N3O6.2C13H20N2O7.C2H6/c1-23-9-12-15(25-10-24-11-5-3-2-4-6-11)14(21)16(26-12)19-8-7-13(20)18-17(19)22;1-3-20-7-21-11-8(6-19-2)22-12(10(11)17)16-5-4-9(14)15-13(16)18;1-3-20-7-21-11-10(17)8(6-19-2)22-12(11)16-5-4-9(14)15-13(16)18;1-3-20-7-21-11-8(6-19-2)22-12(10(11)17)15-5-4-9(16)14-13(15)18;1-3-20-7-21-11-10(17)8(6-19-2)22-12(11)15-5-4-9(16)14-13(15)18;1-2/h2-8,12,14-16,21H,9-10H2,1H3,(H,18,20,22);2*4-5,8,10-12,17H,3,6-7H2,1-2H3,(H2,14,15,18);2*4-5,8,10-12,17H,3,6-7H2,1-2H3,(H,14,16,18);1-2H3. The molecule has 5 aliphatic rings. The summed E-state index contributed by atoms with van der Waals surface area (Å²) in [7, 11) is 7.48. The highest BCUT2D eigenvalue weighted by atomic mass is 16.7. The predicted molar refractivity (Wildman–Crippen MR) is 402 cm³/mol. The number of nitrogens with one attached hydrogen (secondary N) is 3. The number of aliphatic hydroxyl groups excluding tert-OH is 5. The van der Waals surface area contributed by atoms with Crippen LogP contribution >= 0.6 is 0 Å². The Balaban J connectivity index is 0.000000224. The molecule has 650 valence electrons. The zero-order valence-corrected chi connectivity index (χ0v) is 66.1. The summed E-state index contributed by atoms with van der Waals surface area (Å²) in [4.78, 5) is 107. The van der Waals surface area contributed by atoms with Gasteiger partial charge in [0.1, 0.15) is 136 Å². The smallest absolute Gasteiger partial charge is 0.351 e. The summed E-state index contributed by atoms with van der Waals surface area (Å²) >= 11 is 0. The highest BCUT2D eigenvalue weighted by Gasteiger charge is 2.51. The third kappa shape index (κ3) is 27.3. The van der Waals surface area contributed by atoms with Crippen LogP contribution in [-0.4, -0.2) is 294 Å². The topological polar surface area (TPSA) is 572 Å². The van der Waals surface area contributed by atoms with Crippen molar-refractivity contribution in [3.8, 4) is 5.75 Å². The van der Waals surface area contributed by atoms with Crippen molar-refractivity contribution >= 4 is 11.6 Å². The Kier molecular flexibility index (Phi) is 41.7. The highest BCUT2D eigenvalue weighted by molar-refractivity contribution is 5.25. The molecule has 5 aromatic heterocycles. The van der Waals surface area contributed by atoms with Crippen molar-refractivity contribution in [3.63, 3.8) is 0 Å². The minimum atomic E-state index is -1.15. The van der Waals surface area contributed by atoms with E-state index < -0.39 is 168 Å². The van der Waals surface area contributed by atoms with Crippen LogP contribution < -0.4 is 61.3 Å². The summed E-state index contributed by atoms with van der Waals surface area (Å²) in [5, 5.41) is 52.0. The Morgan fingerprint density at radius 1 is 0.362 bits per heavy atom. The van der Waals surface area contributed by atoms with Crippen LogP contribution in [0.2, 0.25) is 0 Å². The number of hydrogen-bond acceptors (Lipinski definition) is 37. The van der Waals surface area contributed by atoms with E-state index in [0.717, 1.165) is 13.7 Å². The first kappa shape index (κ1) is 96.3. The lowest BCUT2D eigenvalue weighted by Crippen LogP contribution is -2.39. The van der Waals surface area contributed by atoms with Gasteiger partial charge < -0.3 is 132 Å². The van der Waals surface area contributed by atoms with Crippen LogP contribution in [0.3, 0.4) is 0 Å². The number of anilines is 2. The first-order chi connectivity index (χ1) is 55.9. The van der Waals surface area contributed by atoms with Gasteiger partial charge in [-0.25, -0.2) is 24.0 Å². The number of nitrogen functional groups attached to an aromatic ring is 2. The second-order valence-corrected chi connectivity index (χ2v) is 24.9. The minimum Gasteiger partial charge on any atom is -0.468 e. The van der Waals surface area contributed by atoms with Gasteiger partial charge in [-0.3, -0.25) is 52.2 Å². The number of aromatic amines is 3. The van der Waals surface area contributed by atoms with Crippen LogP contribution in [0.15, 0.2) is 130 Å². The van der Waals surface area contributed by atoms with E-state index in [4.69, 9.17) is 106 Å². The molecule has 5 saturated heterocycles. The van der Waals surface area contributed by atoms with E-state index in [1.54, 1.807) is 12.1 Å². The number of para-hydroxylation sites is 1. The fourth-order valence-electron chi connectivity index (χ4n) is 11.9. The van der Waals surface area contributed by atoms with Crippen LogP contribution in [0, 0.1) is 0 Å². The van der Waals surface area contributed by atoms with E-state index in [1.165, 1.54) is 106 Å². The maximum absolute atomic E-state index is 12.0. The van der Waals surface area contributed by atoms with Gasteiger partial charge in [0.25, 0.3) is 16.7 Å². The molecule has 20 unspecified atom stereocenters. The Bertz CT molecular complexity index is 4300. The largest absolute Gasteiger partial charge is 0.468 e. The van der Waals surface area contributed by atoms with Crippen LogP contribution in [0.5, 0.6) is 5.75 Å². The first-order valence-corrected chi connectivity index (χ1v) is 36.8. The van der Waals surface area contributed by atoms with Gasteiger partial charge in [0, 0.05) is 111 Å². The van der Waals surface area contributed by atoms with Crippen molar-refractivity contribution in [1.29, 1.82) is 0 Å². The lowest BCUT2D eigenvalue weighted by molar-refractivity contribution is -0.138. The minimum absolute atomic E-state index is 0.00492. The van der Waals surface area contributed by atoms with E-state index in [9.17, 15) is 63.9 Å². The van der Waals surface area contributed by atoms with Crippen LogP contribution in [0.25, 0.3) is 0 Å². The van der Waals surface area contributed by atoms with Gasteiger partial charge in [-0.05, 0) is 52.0 Å². The predicted octanol–water partition coefficient (Wildman–Crippen LogP) is -3.25. The van der Waals surface area contributed by atoms with Gasteiger partial charge in [-0.1, -0.05) is 32.0 Å². The van der Waals surface area contributed by atoms with Gasteiger partial charge in [0.2, 0.25) is 0 Å². The summed E-state index contributed by atoms with van der Waals surface area (Å²) in [5.74, 6) is 0.837. The normalized spacial score (nSPS) is 27.1. The van der Waals surface area contributed by atoms with E-state index in [1.807, 2.05) is 59.7 Å². The monoisotopic (exact) mass is 1660 g/mol.